The molecule has 0 saturated heterocycles. The second-order valence-electron chi connectivity index (χ2n) is 2.31. The van der Waals surface area contributed by atoms with E-state index in [1.54, 1.807) is 0 Å². The predicted octanol–water partition coefficient (Wildman–Crippen LogP) is 0.0988. The molecule has 0 spiro atoms. The zero-order chi connectivity index (χ0) is 6.69. The van der Waals surface area contributed by atoms with Crippen LogP contribution in [0, 0.1) is 5.92 Å². The van der Waals surface area contributed by atoms with Gasteiger partial charge in [-0.1, -0.05) is 4.01 Å². The Balaban J connectivity index is 2.43. The van der Waals surface area contributed by atoms with Crippen LogP contribution in [0.15, 0.2) is 0 Å². The molecule has 0 saturated carbocycles. The number of nitrogens with two attached hydrogens (primary N) is 1. The molecule has 0 radical (unpaired) electrons. The summed E-state index contributed by atoms with van der Waals surface area (Å²) in [4.78, 5) is 0. The third-order valence-corrected chi connectivity index (χ3v) is 4.37. The van der Waals surface area contributed by atoms with Crippen molar-refractivity contribution in [1.29, 1.82) is 0 Å². The van der Waals surface area contributed by atoms with E-state index in [0.29, 0.717) is 5.92 Å². The second-order valence-corrected chi connectivity index (χ2v) is 4.95. The van der Waals surface area contributed by atoms with Crippen molar-refractivity contribution in [2.24, 2.45) is 11.7 Å². The van der Waals surface area contributed by atoms with E-state index in [4.69, 9.17) is 10.8 Å². The number of aliphatic hydroxyl groups excluding tert-OH is 1. The first kappa shape index (κ1) is 7.63. The van der Waals surface area contributed by atoms with Crippen LogP contribution in [-0.2, 0) is 0 Å². The highest BCUT2D eigenvalue weighted by Gasteiger charge is 2.17. The maximum absolute atomic E-state index is 8.79. The topological polar surface area (TPSA) is 46.2 Å². The molecule has 1 aliphatic heterocycles. The Bertz CT molecular complexity index is 116. The summed E-state index contributed by atoms with van der Waals surface area (Å²) in [6.45, 7) is 0.286. The summed E-state index contributed by atoms with van der Waals surface area (Å²) in [5.41, 5.74) is 5.72. The standard InChI is InChI=1S/C6H12INO/c8-6-1-2-7-3-5(6)4-9/h2,5-6,9H,1,3-4,8H2/t5-,6-/m1/s1. The van der Waals surface area contributed by atoms with Gasteiger partial charge in [-0.25, -0.2) is 0 Å². The number of rotatable bonds is 1. The smallest absolute Gasteiger partial charge is 0.0481 e. The van der Waals surface area contributed by atoms with E-state index in [-0.39, 0.29) is 33.4 Å². The lowest BCUT2D eigenvalue weighted by molar-refractivity contribution is 0.223. The Labute approximate surface area is 65.2 Å². The van der Waals surface area contributed by atoms with Crippen LogP contribution in [-0.4, -0.2) is 26.2 Å². The molecule has 1 heterocycles. The van der Waals surface area contributed by atoms with Crippen molar-refractivity contribution < 1.29 is 5.11 Å². The van der Waals surface area contributed by atoms with E-state index in [9.17, 15) is 0 Å². The SMILES string of the molecule is N[C@@H]1CC=IC[C@@H]1CO. The van der Waals surface area contributed by atoms with Gasteiger partial charge in [0.2, 0.25) is 0 Å². The lowest BCUT2D eigenvalue weighted by atomic mass is 10.0. The van der Waals surface area contributed by atoms with Gasteiger partial charge in [0.25, 0.3) is 0 Å². The summed E-state index contributed by atoms with van der Waals surface area (Å²) in [5.74, 6) is 0.405. The Morgan fingerprint density at radius 1 is 1.78 bits per heavy atom. The van der Waals surface area contributed by atoms with E-state index in [2.05, 4.69) is 4.01 Å². The molecule has 0 aliphatic carbocycles. The molecule has 0 bridgehead atoms. The number of aliphatic hydroxyl groups is 1. The second kappa shape index (κ2) is 3.63. The number of hydrogen-bond acceptors (Lipinski definition) is 2. The van der Waals surface area contributed by atoms with E-state index < -0.39 is 0 Å². The van der Waals surface area contributed by atoms with Crippen LogP contribution < -0.4 is 5.73 Å². The first-order valence-electron chi connectivity index (χ1n) is 3.10. The van der Waals surface area contributed by atoms with Gasteiger partial charge in [-0.05, 0) is 6.42 Å². The van der Waals surface area contributed by atoms with E-state index >= 15 is 0 Å². The molecule has 0 aromatic heterocycles. The van der Waals surface area contributed by atoms with E-state index in [1.807, 2.05) is 0 Å². The van der Waals surface area contributed by atoms with Gasteiger partial charge in [0, 0.05) is 23.0 Å². The zero-order valence-electron chi connectivity index (χ0n) is 5.26. The summed E-state index contributed by atoms with van der Waals surface area (Å²) in [7, 11) is 0. The Morgan fingerprint density at radius 2 is 2.56 bits per heavy atom. The zero-order valence-corrected chi connectivity index (χ0v) is 7.41. The van der Waals surface area contributed by atoms with Crippen LogP contribution in [0.1, 0.15) is 6.42 Å². The van der Waals surface area contributed by atoms with Gasteiger partial charge in [-0.3, -0.25) is 0 Å². The van der Waals surface area contributed by atoms with Crippen molar-refractivity contribution in [3.63, 3.8) is 0 Å². The van der Waals surface area contributed by atoms with Gasteiger partial charge in [-0.15, -0.1) is 20.7 Å². The average Bonchev–Trinajstić information content (AvgIpc) is 1.89. The summed E-state index contributed by atoms with van der Waals surface area (Å²) in [6.07, 6.45) is 1.03. The fraction of sp³-hybridized carbons (Fsp3) is 0.833. The van der Waals surface area contributed by atoms with Gasteiger partial charge in [0.05, 0.1) is 0 Å². The first-order valence-corrected chi connectivity index (χ1v) is 5.87. The van der Waals surface area contributed by atoms with E-state index in [0.717, 1.165) is 6.42 Å². The Morgan fingerprint density at radius 3 is 3.00 bits per heavy atom. The largest absolute Gasteiger partial charge is 0.396 e. The highest BCUT2D eigenvalue weighted by Crippen LogP contribution is 2.17. The molecule has 0 aromatic carbocycles. The normalized spacial score (nSPS) is 35.8. The van der Waals surface area contributed by atoms with Crippen molar-refractivity contribution in [2.45, 2.75) is 12.5 Å². The lowest BCUT2D eigenvalue weighted by Gasteiger charge is -2.21. The van der Waals surface area contributed by atoms with Crippen LogP contribution in [0.4, 0.5) is 0 Å². The molecule has 3 N–H and O–H groups in total. The first-order chi connectivity index (χ1) is 4.34. The van der Waals surface area contributed by atoms with Crippen molar-refractivity contribution in [2.75, 3.05) is 11.0 Å². The van der Waals surface area contributed by atoms with Crippen LogP contribution in [0.5, 0.6) is 0 Å². The van der Waals surface area contributed by atoms with Gasteiger partial charge in [-0.2, -0.15) is 0 Å². The highest BCUT2D eigenvalue weighted by molar-refractivity contribution is 14.2. The monoisotopic (exact) mass is 241 g/mol. The summed E-state index contributed by atoms with van der Waals surface area (Å²) >= 11 is 0.276. The number of alkyl halides is 1. The summed E-state index contributed by atoms with van der Waals surface area (Å²) in [6, 6.07) is 0.239. The minimum Gasteiger partial charge on any atom is -0.396 e. The number of hydrogen-bond donors (Lipinski definition) is 2. The molecule has 1 aliphatic rings. The molecule has 9 heavy (non-hydrogen) atoms. The molecule has 0 aromatic rings. The van der Waals surface area contributed by atoms with E-state index in [1.165, 1.54) is 4.43 Å². The average molecular weight is 241 g/mol. The van der Waals surface area contributed by atoms with Crippen molar-refractivity contribution >= 4 is 24.7 Å². The maximum Gasteiger partial charge on any atom is 0.0481 e. The molecular weight excluding hydrogens is 229 g/mol. The lowest BCUT2D eigenvalue weighted by Crippen LogP contribution is -2.35. The molecule has 3 heteroatoms. The molecular formula is C6H12INO. The molecule has 0 amide bonds. The highest BCUT2D eigenvalue weighted by atomic mass is 127. The third-order valence-electron chi connectivity index (χ3n) is 1.60. The van der Waals surface area contributed by atoms with Gasteiger partial charge >= 0.3 is 0 Å². The molecule has 0 unspecified atom stereocenters. The predicted molar refractivity (Wildman–Crippen MR) is 48.1 cm³/mol. The van der Waals surface area contributed by atoms with Crippen LogP contribution in [0.25, 0.3) is 0 Å². The Hall–Kier alpha value is 0.520. The fourth-order valence-electron chi connectivity index (χ4n) is 0.834. The van der Waals surface area contributed by atoms with Crippen LogP contribution in [0.3, 0.4) is 0 Å². The van der Waals surface area contributed by atoms with Gasteiger partial charge < -0.3 is 10.8 Å². The molecule has 54 valence electrons. The molecule has 1 rings (SSSR count). The Kier molecular flexibility index (Phi) is 3.08. The minimum atomic E-state index is 0.239. The van der Waals surface area contributed by atoms with Crippen molar-refractivity contribution in [3.8, 4) is 0 Å². The third kappa shape index (κ3) is 1.98. The summed E-state index contributed by atoms with van der Waals surface area (Å²) in [5, 5.41) is 8.79. The molecule has 2 atom stereocenters. The van der Waals surface area contributed by atoms with Gasteiger partial charge in [0.15, 0.2) is 0 Å². The fourth-order valence-corrected chi connectivity index (χ4v) is 3.73. The van der Waals surface area contributed by atoms with Crippen molar-refractivity contribution in [1.82, 2.24) is 0 Å². The molecule has 2 nitrogen and oxygen atoms in total. The summed E-state index contributed by atoms with van der Waals surface area (Å²) < 4.78 is 3.49. The van der Waals surface area contributed by atoms with Crippen LogP contribution >= 0.6 is 20.7 Å². The number of halogens is 1. The van der Waals surface area contributed by atoms with Crippen molar-refractivity contribution in [3.05, 3.63) is 0 Å². The van der Waals surface area contributed by atoms with Crippen LogP contribution in [0.2, 0.25) is 0 Å². The quantitative estimate of drug-likeness (QED) is 0.505. The molecule has 0 fully saturated rings. The minimum absolute atomic E-state index is 0.239. The maximum atomic E-state index is 8.79. The van der Waals surface area contributed by atoms with Gasteiger partial charge in [0.1, 0.15) is 0 Å².